The Morgan fingerprint density at radius 3 is 2.39 bits per heavy atom. The average molecular weight is 771 g/mol. The Morgan fingerprint density at radius 1 is 0.921 bits per heavy atom. The summed E-state index contributed by atoms with van der Waals surface area (Å²) in [4.78, 5) is 18.1. The minimum Gasteiger partial charge on any atom is -0.490 e. The second-order valence-corrected chi connectivity index (χ2v) is 12.0. The monoisotopic (exact) mass is 767 g/mol. The predicted molar refractivity (Wildman–Crippen MR) is 167 cm³/mol. The summed E-state index contributed by atoms with van der Waals surface area (Å²) in [6, 6.07) is 15.2. The van der Waals surface area contributed by atoms with E-state index in [2.05, 4.69) is 75.7 Å². The largest absolute Gasteiger partial charge is 0.490 e. The van der Waals surface area contributed by atoms with E-state index in [-0.39, 0.29) is 5.56 Å². The third-order valence-electron chi connectivity index (χ3n) is 5.70. The highest BCUT2D eigenvalue weighted by molar-refractivity contribution is 9.11. The van der Waals surface area contributed by atoms with Crippen LogP contribution in [0.4, 0.5) is 0 Å². The first-order valence-electron chi connectivity index (χ1n) is 12.1. The van der Waals surface area contributed by atoms with Gasteiger partial charge in [-0.25, -0.2) is 4.98 Å². The lowest BCUT2D eigenvalue weighted by Crippen LogP contribution is -2.22. The Bertz CT molecular complexity index is 1550. The summed E-state index contributed by atoms with van der Waals surface area (Å²) >= 11 is 14.1. The molecule has 198 valence electrons. The molecule has 1 aromatic heterocycles. The summed E-state index contributed by atoms with van der Waals surface area (Å²) in [6.45, 7) is 4.86. The highest BCUT2D eigenvalue weighted by Gasteiger charge is 2.14. The predicted octanol–water partition coefficient (Wildman–Crippen LogP) is 8.65. The van der Waals surface area contributed by atoms with Crippen LogP contribution in [0.1, 0.15) is 43.6 Å². The second-order valence-electron chi connectivity index (χ2n) is 8.43. The molecule has 3 aromatic carbocycles. The maximum absolute atomic E-state index is 13.4. The molecule has 1 heterocycles. The average Bonchev–Trinajstić information content (AvgIpc) is 2.89. The van der Waals surface area contributed by atoms with Crippen LogP contribution in [0.2, 0.25) is 0 Å². The fourth-order valence-corrected chi connectivity index (χ4v) is 5.70. The molecule has 4 aromatic rings. The molecule has 0 aliphatic carbocycles. The summed E-state index contributed by atoms with van der Waals surface area (Å²) in [6.07, 6.45) is 4.19. The van der Waals surface area contributed by atoms with E-state index in [1.54, 1.807) is 12.3 Å². The van der Waals surface area contributed by atoms with Crippen molar-refractivity contribution < 1.29 is 9.47 Å². The van der Waals surface area contributed by atoms with E-state index in [4.69, 9.17) is 14.5 Å². The molecule has 0 unspecified atom stereocenters. The van der Waals surface area contributed by atoms with Gasteiger partial charge in [-0.05, 0) is 71.7 Å². The van der Waals surface area contributed by atoms with Gasteiger partial charge in [-0.3, -0.25) is 4.79 Å². The summed E-state index contributed by atoms with van der Waals surface area (Å²) in [7, 11) is 0. The molecule has 0 spiro atoms. The van der Waals surface area contributed by atoms with E-state index in [0.29, 0.717) is 47.9 Å². The first-order valence-corrected chi connectivity index (χ1v) is 15.3. The maximum Gasteiger partial charge on any atom is 0.282 e. The molecule has 0 aliphatic heterocycles. The van der Waals surface area contributed by atoms with Crippen LogP contribution in [0.3, 0.4) is 0 Å². The van der Waals surface area contributed by atoms with Gasteiger partial charge in [0.25, 0.3) is 5.56 Å². The van der Waals surface area contributed by atoms with E-state index in [0.717, 1.165) is 41.9 Å². The zero-order valence-electron chi connectivity index (χ0n) is 20.8. The van der Waals surface area contributed by atoms with Gasteiger partial charge >= 0.3 is 0 Å². The van der Waals surface area contributed by atoms with Crippen molar-refractivity contribution in [1.82, 2.24) is 9.66 Å². The van der Waals surface area contributed by atoms with Gasteiger partial charge in [-0.15, -0.1) is 0 Å². The molecule has 4 rings (SSSR count). The third-order valence-corrected chi connectivity index (χ3v) is 8.11. The number of rotatable bonds is 10. The number of hydrogen-bond donors (Lipinski definition) is 0. The third kappa shape index (κ3) is 6.94. The number of benzene rings is 3. The maximum atomic E-state index is 13.4. The molecular weight excluding hydrogens is 746 g/mol. The molecule has 38 heavy (non-hydrogen) atoms. The molecule has 0 N–H and O–H groups in total. The zero-order chi connectivity index (χ0) is 27.2. The van der Waals surface area contributed by atoms with Gasteiger partial charge in [0.15, 0.2) is 11.5 Å². The Hall–Kier alpha value is -2.01. The molecule has 0 aliphatic rings. The molecule has 0 bridgehead atoms. The van der Waals surface area contributed by atoms with E-state index in [1.807, 2.05) is 49.4 Å². The summed E-state index contributed by atoms with van der Waals surface area (Å²) in [5.74, 6) is 1.82. The number of halogens is 4. The molecule has 10 heteroatoms. The summed E-state index contributed by atoms with van der Waals surface area (Å²) in [5, 5.41) is 5.09. The standard InChI is InChI=1S/C28H25Br4N3O3/c1-3-5-6-27-34-24-10-9-19(29)12-21(24)28(36)35(27)33-15-18-11-25(37-4-2)26(14-23(18)32)38-16-17-7-8-20(30)13-22(17)31/h7-15H,3-6,16H2,1-2H3. The van der Waals surface area contributed by atoms with Crippen molar-refractivity contribution in [3.05, 3.63) is 93.7 Å². The highest BCUT2D eigenvalue weighted by Crippen LogP contribution is 2.34. The van der Waals surface area contributed by atoms with Crippen LogP contribution in [0, 0.1) is 0 Å². The molecule has 0 saturated heterocycles. The lowest BCUT2D eigenvalue weighted by Gasteiger charge is -2.15. The van der Waals surface area contributed by atoms with Gasteiger partial charge in [0.2, 0.25) is 0 Å². The van der Waals surface area contributed by atoms with Crippen molar-refractivity contribution >= 4 is 80.8 Å². The molecule has 0 radical (unpaired) electrons. The molecule has 0 fully saturated rings. The highest BCUT2D eigenvalue weighted by atomic mass is 79.9. The van der Waals surface area contributed by atoms with Crippen molar-refractivity contribution in [2.24, 2.45) is 5.10 Å². The number of unbranched alkanes of at least 4 members (excludes halogenated alkanes) is 1. The van der Waals surface area contributed by atoms with Gasteiger partial charge in [0.1, 0.15) is 12.4 Å². The van der Waals surface area contributed by atoms with Gasteiger partial charge in [0, 0.05) is 35.4 Å². The van der Waals surface area contributed by atoms with E-state index >= 15 is 0 Å². The lowest BCUT2D eigenvalue weighted by molar-refractivity contribution is 0.268. The molecule has 0 saturated carbocycles. The van der Waals surface area contributed by atoms with Crippen LogP contribution in [-0.4, -0.2) is 22.5 Å². The van der Waals surface area contributed by atoms with Gasteiger partial charge in [-0.2, -0.15) is 9.78 Å². The van der Waals surface area contributed by atoms with Crippen LogP contribution in [0.15, 0.2) is 76.3 Å². The molecule has 0 atom stereocenters. The Kier molecular flexibility index (Phi) is 10.2. The van der Waals surface area contributed by atoms with Crippen molar-refractivity contribution in [2.75, 3.05) is 6.61 Å². The minimum absolute atomic E-state index is 0.208. The summed E-state index contributed by atoms with van der Waals surface area (Å²) in [5.41, 5.74) is 2.20. The number of ether oxygens (including phenoxy) is 2. The number of fused-ring (bicyclic) bond motifs is 1. The van der Waals surface area contributed by atoms with Crippen LogP contribution < -0.4 is 15.0 Å². The fourth-order valence-electron chi connectivity index (χ4n) is 3.76. The number of hydrogen-bond acceptors (Lipinski definition) is 5. The first-order chi connectivity index (χ1) is 18.3. The number of aromatic nitrogens is 2. The lowest BCUT2D eigenvalue weighted by atomic mass is 10.2. The second kappa shape index (κ2) is 13.4. The van der Waals surface area contributed by atoms with Crippen LogP contribution in [0.5, 0.6) is 11.5 Å². The Labute approximate surface area is 255 Å². The normalized spacial score (nSPS) is 11.4. The van der Waals surface area contributed by atoms with Crippen molar-refractivity contribution in [1.29, 1.82) is 0 Å². The number of nitrogens with zero attached hydrogens (tertiary/aromatic N) is 3. The minimum atomic E-state index is -0.208. The molecular formula is C28H25Br4N3O3. The number of aryl methyl sites for hydroxylation is 1. The smallest absolute Gasteiger partial charge is 0.282 e. The van der Waals surface area contributed by atoms with E-state index < -0.39 is 0 Å². The Morgan fingerprint density at radius 2 is 1.66 bits per heavy atom. The SMILES string of the molecule is CCCCc1nc2ccc(Br)cc2c(=O)n1N=Cc1cc(OCC)c(OCc2ccc(Br)cc2Br)cc1Br. The van der Waals surface area contributed by atoms with E-state index in [1.165, 1.54) is 4.68 Å². The molecule has 0 amide bonds. The van der Waals surface area contributed by atoms with Crippen LogP contribution in [0.25, 0.3) is 10.9 Å². The van der Waals surface area contributed by atoms with Gasteiger partial charge in [-0.1, -0.05) is 67.2 Å². The Balaban J connectivity index is 1.69. The molecule has 6 nitrogen and oxygen atoms in total. The van der Waals surface area contributed by atoms with Crippen molar-refractivity contribution in [3.8, 4) is 11.5 Å². The topological polar surface area (TPSA) is 65.7 Å². The van der Waals surface area contributed by atoms with Crippen LogP contribution >= 0.6 is 63.7 Å². The van der Waals surface area contributed by atoms with Crippen LogP contribution in [-0.2, 0) is 13.0 Å². The first kappa shape index (κ1) is 29.0. The van der Waals surface area contributed by atoms with E-state index in [9.17, 15) is 4.79 Å². The quantitative estimate of drug-likeness (QED) is 0.152. The zero-order valence-corrected chi connectivity index (χ0v) is 27.2. The van der Waals surface area contributed by atoms with Gasteiger partial charge < -0.3 is 9.47 Å². The fraction of sp³-hybridized carbons (Fsp3) is 0.250. The van der Waals surface area contributed by atoms with Crippen molar-refractivity contribution in [3.63, 3.8) is 0 Å². The van der Waals surface area contributed by atoms with Gasteiger partial charge in [0.05, 0.1) is 23.7 Å². The van der Waals surface area contributed by atoms with Crippen molar-refractivity contribution in [2.45, 2.75) is 39.7 Å². The summed E-state index contributed by atoms with van der Waals surface area (Å²) < 4.78 is 16.9.